The maximum absolute atomic E-state index is 4.88. The van der Waals surface area contributed by atoms with Crippen molar-refractivity contribution in [3.8, 4) is 11.4 Å². The Morgan fingerprint density at radius 2 is 2.00 bits per heavy atom. The minimum Gasteiger partial charge on any atom is -0.366 e. The number of nitrogens with zero attached hydrogens (tertiary/aromatic N) is 5. The van der Waals surface area contributed by atoms with E-state index >= 15 is 0 Å². The van der Waals surface area contributed by atoms with Crippen molar-refractivity contribution in [2.45, 2.75) is 31.7 Å². The second-order valence-electron chi connectivity index (χ2n) is 7.39. The van der Waals surface area contributed by atoms with Crippen LogP contribution < -0.4 is 15.5 Å². The second kappa shape index (κ2) is 7.15. The van der Waals surface area contributed by atoms with Crippen molar-refractivity contribution in [2.75, 3.05) is 36.4 Å². The smallest absolute Gasteiger partial charge is 0.154 e. The average molecular weight is 363 g/mol. The van der Waals surface area contributed by atoms with Gasteiger partial charge in [-0.2, -0.15) is 0 Å². The average Bonchev–Trinajstić information content (AvgIpc) is 3.38. The summed E-state index contributed by atoms with van der Waals surface area (Å²) >= 11 is 0. The van der Waals surface area contributed by atoms with Gasteiger partial charge in [0.05, 0.1) is 11.9 Å². The van der Waals surface area contributed by atoms with Gasteiger partial charge in [0.25, 0.3) is 0 Å². The van der Waals surface area contributed by atoms with E-state index in [0.29, 0.717) is 6.04 Å². The zero-order chi connectivity index (χ0) is 18.1. The summed E-state index contributed by atoms with van der Waals surface area (Å²) in [4.78, 5) is 11.7. The maximum Gasteiger partial charge on any atom is 0.154 e. The molecule has 0 aliphatic carbocycles. The van der Waals surface area contributed by atoms with Crippen LogP contribution in [-0.2, 0) is 0 Å². The van der Waals surface area contributed by atoms with Gasteiger partial charge < -0.3 is 15.5 Å². The topological polar surface area (TPSA) is 70.4 Å². The summed E-state index contributed by atoms with van der Waals surface area (Å²) in [6.07, 6.45) is 6.78. The molecule has 0 bridgehead atoms. The van der Waals surface area contributed by atoms with E-state index in [2.05, 4.69) is 26.6 Å². The fourth-order valence-electron chi connectivity index (χ4n) is 3.97. The van der Waals surface area contributed by atoms with Gasteiger partial charge in [0, 0.05) is 25.7 Å². The highest BCUT2D eigenvalue weighted by molar-refractivity contribution is 5.62. The van der Waals surface area contributed by atoms with Crippen LogP contribution in [0, 0.1) is 0 Å². The van der Waals surface area contributed by atoms with Crippen molar-refractivity contribution >= 4 is 17.3 Å². The van der Waals surface area contributed by atoms with Crippen LogP contribution in [0.3, 0.4) is 0 Å². The molecule has 2 fully saturated rings. The van der Waals surface area contributed by atoms with Crippen LogP contribution in [0.4, 0.5) is 11.6 Å². The highest BCUT2D eigenvalue weighted by Crippen LogP contribution is 2.23. The van der Waals surface area contributed by atoms with Crippen LogP contribution in [0.25, 0.3) is 17.0 Å². The van der Waals surface area contributed by atoms with Crippen LogP contribution >= 0.6 is 0 Å². The fraction of sp³-hybridized carbons (Fsp3) is 0.450. The summed E-state index contributed by atoms with van der Waals surface area (Å²) in [5.74, 6) is 1.93. The number of nitrogens with one attached hydrogen (secondary N) is 2. The molecule has 0 amide bonds. The first kappa shape index (κ1) is 16.5. The van der Waals surface area contributed by atoms with Crippen LogP contribution in [-0.4, -0.2) is 51.8 Å². The lowest BCUT2D eigenvalue weighted by molar-refractivity contribution is 0.570. The highest BCUT2D eigenvalue weighted by atomic mass is 15.3. The van der Waals surface area contributed by atoms with Crippen molar-refractivity contribution in [3.05, 3.63) is 36.5 Å². The van der Waals surface area contributed by atoms with Crippen molar-refractivity contribution in [2.24, 2.45) is 0 Å². The zero-order valence-corrected chi connectivity index (χ0v) is 15.4. The Kier molecular flexibility index (Phi) is 4.37. The Morgan fingerprint density at radius 1 is 1.07 bits per heavy atom. The zero-order valence-electron chi connectivity index (χ0n) is 15.4. The van der Waals surface area contributed by atoms with Crippen molar-refractivity contribution in [3.63, 3.8) is 0 Å². The Morgan fingerprint density at radius 3 is 2.85 bits per heavy atom. The van der Waals surface area contributed by atoms with Crippen molar-refractivity contribution in [1.82, 2.24) is 24.9 Å². The van der Waals surface area contributed by atoms with E-state index in [1.54, 1.807) is 0 Å². The molecule has 2 N–H and O–H groups in total. The summed E-state index contributed by atoms with van der Waals surface area (Å²) in [5.41, 5.74) is 2.67. The Balaban J connectivity index is 1.47. The molecule has 2 aliphatic rings. The van der Waals surface area contributed by atoms with Crippen LogP contribution in [0.5, 0.6) is 0 Å². The monoisotopic (exact) mass is 363 g/mol. The molecule has 1 unspecified atom stereocenters. The molecule has 2 saturated heterocycles. The largest absolute Gasteiger partial charge is 0.366 e. The number of anilines is 2. The van der Waals surface area contributed by atoms with E-state index in [9.17, 15) is 0 Å². The lowest BCUT2D eigenvalue weighted by Gasteiger charge is -2.27. The van der Waals surface area contributed by atoms with Gasteiger partial charge in [-0.25, -0.2) is 14.5 Å². The number of hydrogen-bond acceptors (Lipinski definition) is 6. The lowest BCUT2D eigenvalue weighted by atomic mass is 10.1. The first-order valence-electron chi connectivity index (χ1n) is 9.91. The predicted octanol–water partition coefficient (Wildman–Crippen LogP) is 2.56. The third-order valence-corrected chi connectivity index (χ3v) is 5.45. The van der Waals surface area contributed by atoms with Gasteiger partial charge in [-0.1, -0.05) is 6.07 Å². The van der Waals surface area contributed by atoms with E-state index in [0.717, 1.165) is 61.3 Å². The molecule has 0 spiro atoms. The van der Waals surface area contributed by atoms with Gasteiger partial charge in [-0.3, -0.25) is 0 Å². The molecular formula is C20H25N7. The Bertz CT molecular complexity index is 923. The number of fused-ring (bicyclic) bond motifs is 1. The summed E-state index contributed by atoms with van der Waals surface area (Å²) in [6.45, 7) is 4.21. The van der Waals surface area contributed by atoms with Gasteiger partial charge in [-0.15, -0.1) is 5.10 Å². The summed E-state index contributed by atoms with van der Waals surface area (Å²) < 4.78 is 1.92. The molecule has 1 atom stereocenters. The van der Waals surface area contributed by atoms with Crippen LogP contribution in [0.1, 0.15) is 25.7 Å². The van der Waals surface area contributed by atoms with E-state index in [-0.39, 0.29) is 0 Å². The van der Waals surface area contributed by atoms with Gasteiger partial charge in [-0.05, 0) is 56.5 Å². The number of pyridine rings is 1. The summed E-state index contributed by atoms with van der Waals surface area (Å²) in [6, 6.07) is 10.7. The van der Waals surface area contributed by atoms with E-state index in [4.69, 9.17) is 10.1 Å². The first-order valence-corrected chi connectivity index (χ1v) is 9.91. The van der Waals surface area contributed by atoms with E-state index in [1.807, 2.05) is 35.0 Å². The maximum atomic E-state index is 4.88. The molecule has 140 valence electrons. The number of rotatable bonds is 4. The minimum absolute atomic E-state index is 0.443. The van der Waals surface area contributed by atoms with Gasteiger partial charge in [0.15, 0.2) is 5.65 Å². The van der Waals surface area contributed by atoms with Crippen LogP contribution in [0.2, 0.25) is 0 Å². The second-order valence-corrected chi connectivity index (χ2v) is 7.39. The highest BCUT2D eigenvalue weighted by Gasteiger charge is 2.17. The van der Waals surface area contributed by atoms with Gasteiger partial charge in [0.1, 0.15) is 17.3 Å². The summed E-state index contributed by atoms with van der Waals surface area (Å²) in [7, 11) is 0. The Labute approximate surface area is 158 Å². The van der Waals surface area contributed by atoms with Crippen LogP contribution in [0.15, 0.2) is 36.5 Å². The molecule has 2 aliphatic heterocycles. The molecule has 5 rings (SSSR count). The Hall–Kier alpha value is -2.67. The number of imidazole rings is 1. The van der Waals surface area contributed by atoms with Gasteiger partial charge >= 0.3 is 0 Å². The molecule has 3 aromatic heterocycles. The van der Waals surface area contributed by atoms with Crippen molar-refractivity contribution < 1.29 is 0 Å². The molecule has 27 heavy (non-hydrogen) atoms. The normalized spacial score (nSPS) is 20.3. The molecule has 0 saturated carbocycles. The molecule has 5 heterocycles. The lowest BCUT2D eigenvalue weighted by Crippen LogP contribution is -2.30. The molecular weight excluding hydrogens is 338 g/mol. The molecule has 3 aromatic rings. The first-order chi connectivity index (χ1) is 13.4. The van der Waals surface area contributed by atoms with Crippen molar-refractivity contribution in [1.29, 1.82) is 0 Å². The number of hydrogen-bond donors (Lipinski definition) is 2. The van der Waals surface area contributed by atoms with E-state index < -0.39 is 0 Å². The standard InChI is InChI=1S/C20H25N7/c1-2-11-26(12-3-1)20-8-7-19-22-14-17(27(19)25-20)16-5-4-6-18(24-16)23-15-9-10-21-13-15/h4-8,14-15,21H,1-3,9-13H2,(H,23,24). The number of aromatic nitrogens is 4. The third kappa shape index (κ3) is 3.35. The third-order valence-electron chi connectivity index (χ3n) is 5.45. The summed E-state index contributed by atoms with van der Waals surface area (Å²) in [5, 5.41) is 11.8. The molecule has 0 aromatic carbocycles. The molecule has 7 heteroatoms. The fourth-order valence-corrected chi connectivity index (χ4v) is 3.97. The molecule has 7 nitrogen and oxygen atoms in total. The predicted molar refractivity (Wildman–Crippen MR) is 107 cm³/mol. The van der Waals surface area contributed by atoms with Gasteiger partial charge in [0.2, 0.25) is 0 Å². The molecule has 0 radical (unpaired) electrons. The van der Waals surface area contributed by atoms with E-state index in [1.165, 1.54) is 19.3 Å². The minimum atomic E-state index is 0.443. The SMILES string of the molecule is c1cc(NC2CCNC2)nc(-c2cnc3ccc(N4CCCCC4)nn23)c1. The quantitative estimate of drug-likeness (QED) is 0.742. The number of piperidine rings is 1.